The lowest BCUT2D eigenvalue weighted by atomic mass is 10.1. The molecule has 0 radical (unpaired) electrons. The van der Waals surface area contributed by atoms with Crippen LogP contribution in [-0.4, -0.2) is 38.8 Å². The van der Waals surface area contributed by atoms with Gasteiger partial charge in [0.15, 0.2) is 0 Å². The molecule has 1 N–H and O–H groups in total. The van der Waals surface area contributed by atoms with Crippen molar-refractivity contribution in [1.82, 2.24) is 0 Å². The Morgan fingerprint density at radius 2 is 1.84 bits per heavy atom. The molecule has 5 heteroatoms. The lowest BCUT2D eigenvalue weighted by Crippen LogP contribution is -2.36. The molecule has 0 spiro atoms. The number of carbonyl (C=O) groups is 1. The molecule has 0 unspecified atom stereocenters. The Morgan fingerprint density at radius 1 is 1.04 bits per heavy atom. The number of hydrogen-bond acceptors (Lipinski definition) is 4. The highest BCUT2D eigenvalue weighted by Gasteiger charge is 2.14. The predicted octanol–water partition coefficient (Wildman–Crippen LogP) is 2.64. The number of nitrogens with one attached hydrogen (secondary N) is 1. The number of amides is 1. The molecule has 0 bridgehead atoms. The maximum Gasteiger partial charge on any atom is 0.228 e. The van der Waals surface area contributed by atoms with Gasteiger partial charge in [-0.05, 0) is 41.5 Å². The van der Waals surface area contributed by atoms with Crippen molar-refractivity contribution >= 4 is 17.3 Å². The smallest absolute Gasteiger partial charge is 0.228 e. The number of benzene rings is 2. The molecule has 0 atom stereocenters. The van der Waals surface area contributed by atoms with Crippen molar-refractivity contribution in [1.29, 1.82) is 0 Å². The Hall–Kier alpha value is -2.53. The molecular weight excluding hydrogens is 316 g/mol. The van der Waals surface area contributed by atoms with Crippen LogP contribution in [0.15, 0.2) is 42.5 Å². The first-order chi connectivity index (χ1) is 12.3. The van der Waals surface area contributed by atoms with E-state index in [0.29, 0.717) is 6.42 Å². The van der Waals surface area contributed by atoms with Crippen molar-refractivity contribution in [3.05, 3.63) is 53.6 Å². The third-order valence-corrected chi connectivity index (χ3v) is 4.65. The molecule has 1 fully saturated rings. The highest BCUT2D eigenvalue weighted by atomic mass is 16.5. The van der Waals surface area contributed by atoms with E-state index < -0.39 is 0 Å². The fourth-order valence-electron chi connectivity index (χ4n) is 3.32. The summed E-state index contributed by atoms with van der Waals surface area (Å²) in [4.78, 5) is 14.6. The minimum Gasteiger partial charge on any atom is -0.493 e. The molecule has 2 aliphatic heterocycles. The van der Waals surface area contributed by atoms with Gasteiger partial charge in [0.05, 0.1) is 26.2 Å². The van der Waals surface area contributed by atoms with E-state index >= 15 is 0 Å². The molecule has 4 rings (SSSR count). The van der Waals surface area contributed by atoms with Gasteiger partial charge in [0.25, 0.3) is 0 Å². The summed E-state index contributed by atoms with van der Waals surface area (Å²) in [7, 11) is 0. The number of morpholine rings is 1. The third kappa shape index (κ3) is 3.77. The topological polar surface area (TPSA) is 50.8 Å². The van der Waals surface area contributed by atoms with Crippen molar-refractivity contribution in [3.63, 3.8) is 0 Å². The second kappa shape index (κ2) is 7.15. The maximum atomic E-state index is 12.3. The lowest BCUT2D eigenvalue weighted by molar-refractivity contribution is -0.115. The van der Waals surface area contributed by atoms with Gasteiger partial charge in [-0.2, -0.15) is 0 Å². The predicted molar refractivity (Wildman–Crippen MR) is 97.4 cm³/mol. The van der Waals surface area contributed by atoms with E-state index in [1.165, 1.54) is 11.3 Å². The largest absolute Gasteiger partial charge is 0.493 e. The minimum atomic E-state index is -0.00186. The summed E-state index contributed by atoms with van der Waals surface area (Å²) >= 11 is 0. The fraction of sp³-hybridized carbons (Fsp3) is 0.350. The van der Waals surface area contributed by atoms with Crippen LogP contribution in [0.2, 0.25) is 0 Å². The summed E-state index contributed by atoms with van der Waals surface area (Å²) in [6, 6.07) is 14.0. The van der Waals surface area contributed by atoms with E-state index in [-0.39, 0.29) is 5.91 Å². The van der Waals surface area contributed by atoms with Gasteiger partial charge in [0.2, 0.25) is 5.91 Å². The molecule has 5 nitrogen and oxygen atoms in total. The van der Waals surface area contributed by atoms with Gasteiger partial charge < -0.3 is 19.7 Å². The molecule has 1 saturated heterocycles. The fourth-order valence-corrected chi connectivity index (χ4v) is 3.32. The van der Waals surface area contributed by atoms with E-state index in [1.807, 2.05) is 36.4 Å². The summed E-state index contributed by atoms with van der Waals surface area (Å²) in [5.41, 5.74) is 4.21. The van der Waals surface area contributed by atoms with E-state index in [0.717, 1.165) is 56.3 Å². The summed E-state index contributed by atoms with van der Waals surface area (Å²) < 4.78 is 10.9. The Balaban J connectivity index is 1.35. The number of nitrogens with zero attached hydrogens (tertiary/aromatic N) is 1. The van der Waals surface area contributed by atoms with Gasteiger partial charge in [-0.25, -0.2) is 0 Å². The molecule has 0 saturated carbocycles. The SMILES string of the molecule is O=C(Cc1ccc2c(c1)CCO2)Nc1ccc(N2CCOCC2)cc1. The second-order valence-electron chi connectivity index (χ2n) is 6.41. The Labute approximate surface area is 147 Å². The molecule has 2 aliphatic rings. The lowest BCUT2D eigenvalue weighted by Gasteiger charge is -2.28. The first-order valence-electron chi connectivity index (χ1n) is 8.75. The van der Waals surface area contributed by atoms with Crippen molar-refractivity contribution in [3.8, 4) is 5.75 Å². The molecule has 25 heavy (non-hydrogen) atoms. The van der Waals surface area contributed by atoms with Crippen LogP contribution < -0.4 is 15.0 Å². The monoisotopic (exact) mass is 338 g/mol. The third-order valence-electron chi connectivity index (χ3n) is 4.65. The number of fused-ring (bicyclic) bond motifs is 1. The minimum absolute atomic E-state index is 0.00186. The van der Waals surface area contributed by atoms with Gasteiger partial charge in [-0.15, -0.1) is 0 Å². The van der Waals surface area contributed by atoms with Crippen LogP contribution in [0.1, 0.15) is 11.1 Å². The molecule has 2 aromatic carbocycles. The van der Waals surface area contributed by atoms with E-state index in [1.54, 1.807) is 0 Å². The van der Waals surface area contributed by atoms with Gasteiger partial charge in [-0.1, -0.05) is 12.1 Å². The van der Waals surface area contributed by atoms with E-state index in [4.69, 9.17) is 9.47 Å². The zero-order valence-corrected chi connectivity index (χ0v) is 14.2. The molecule has 2 heterocycles. The molecule has 0 aromatic heterocycles. The van der Waals surface area contributed by atoms with Gasteiger partial charge >= 0.3 is 0 Å². The number of rotatable bonds is 4. The maximum absolute atomic E-state index is 12.3. The molecule has 0 aliphatic carbocycles. The average Bonchev–Trinajstić information content (AvgIpc) is 3.11. The Bertz CT molecular complexity index is 752. The van der Waals surface area contributed by atoms with Gasteiger partial charge in [-0.3, -0.25) is 4.79 Å². The Morgan fingerprint density at radius 3 is 2.64 bits per heavy atom. The van der Waals surface area contributed by atoms with Gasteiger partial charge in [0.1, 0.15) is 5.75 Å². The first kappa shape index (κ1) is 16.0. The molecule has 2 aromatic rings. The molecule has 1 amide bonds. The average molecular weight is 338 g/mol. The highest BCUT2D eigenvalue weighted by Crippen LogP contribution is 2.26. The molecular formula is C20H22N2O3. The van der Waals surface area contributed by atoms with Crippen LogP contribution in [-0.2, 0) is 22.4 Å². The van der Waals surface area contributed by atoms with Crippen LogP contribution >= 0.6 is 0 Å². The summed E-state index contributed by atoms with van der Waals surface area (Å²) in [6.07, 6.45) is 1.30. The quantitative estimate of drug-likeness (QED) is 0.931. The normalized spacial score (nSPS) is 16.2. The zero-order valence-electron chi connectivity index (χ0n) is 14.2. The first-order valence-corrected chi connectivity index (χ1v) is 8.75. The van der Waals surface area contributed by atoms with Crippen LogP contribution in [0, 0.1) is 0 Å². The highest BCUT2D eigenvalue weighted by molar-refractivity contribution is 5.92. The summed E-state index contributed by atoms with van der Waals surface area (Å²) in [5, 5.41) is 2.97. The van der Waals surface area contributed by atoms with Crippen molar-refractivity contribution < 1.29 is 14.3 Å². The van der Waals surface area contributed by atoms with Crippen molar-refractivity contribution in [2.75, 3.05) is 43.1 Å². The standard InChI is InChI=1S/C20H22N2O3/c23-20(14-15-1-6-19-16(13-15)7-10-25-19)21-17-2-4-18(5-3-17)22-8-11-24-12-9-22/h1-6,13H,7-12,14H2,(H,21,23). The van der Waals surface area contributed by atoms with Crippen molar-refractivity contribution in [2.45, 2.75) is 12.8 Å². The zero-order chi connectivity index (χ0) is 17.1. The Kier molecular flexibility index (Phi) is 4.57. The van der Waals surface area contributed by atoms with E-state index in [2.05, 4.69) is 16.3 Å². The van der Waals surface area contributed by atoms with Crippen molar-refractivity contribution in [2.24, 2.45) is 0 Å². The summed E-state index contributed by atoms with van der Waals surface area (Å²) in [6.45, 7) is 4.09. The number of hydrogen-bond donors (Lipinski definition) is 1. The van der Waals surface area contributed by atoms with E-state index in [9.17, 15) is 4.79 Å². The summed E-state index contributed by atoms with van der Waals surface area (Å²) in [5.74, 6) is 0.945. The number of ether oxygens (including phenoxy) is 2. The van der Waals surface area contributed by atoms with Crippen LogP contribution in [0.4, 0.5) is 11.4 Å². The van der Waals surface area contributed by atoms with Crippen LogP contribution in [0.25, 0.3) is 0 Å². The van der Waals surface area contributed by atoms with Crippen LogP contribution in [0.5, 0.6) is 5.75 Å². The van der Waals surface area contributed by atoms with Gasteiger partial charge in [0, 0.05) is 30.9 Å². The molecule has 130 valence electrons. The number of carbonyl (C=O) groups excluding carboxylic acids is 1. The number of anilines is 2. The second-order valence-corrected chi connectivity index (χ2v) is 6.41. The van der Waals surface area contributed by atoms with Crippen LogP contribution in [0.3, 0.4) is 0 Å².